The molecule has 1 aromatic rings. The number of sulfone groups is 1. The summed E-state index contributed by atoms with van der Waals surface area (Å²) < 4.78 is 25.2. The van der Waals surface area contributed by atoms with E-state index in [0.717, 1.165) is 44.2 Å². The Morgan fingerprint density at radius 2 is 1.81 bits per heavy atom. The topological polar surface area (TPSA) is 46.2 Å². The Kier molecular flexibility index (Phi) is 5.82. The van der Waals surface area contributed by atoms with E-state index in [1.807, 2.05) is 19.1 Å². The maximum absolute atomic E-state index is 12.6. The van der Waals surface area contributed by atoms with Crippen molar-refractivity contribution in [1.82, 2.24) is 5.32 Å². The lowest BCUT2D eigenvalue weighted by Gasteiger charge is -2.21. The van der Waals surface area contributed by atoms with Gasteiger partial charge in [0.1, 0.15) is 0 Å². The average molecular weight is 309 g/mol. The van der Waals surface area contributed by atoms with Gasteiger partial charge in [0.15, 0.2) is 9.84 Å². The van der Waals surface area contributed by atoms with Gasteiger partial charge in [-0.05, 0) is 38.3 Å². The molecule has 1 aliphatic rings. The van der Waals surface area contributed by atoms with Gasteiger partial charge in [-0.2, -0.15) is 0 Å². The van der Waals surface area contributed by atoms with Crippen LogP contribution in [0.1, 0.15) is 56.2 Å². The minimum atomic E-state index is -3.01. The third kappa shape index (κ3) is 4.55. The summed E-state index contributed by atoms with van der Waals surface area (Å²) in [5.74, 6) is 0.223. The second-order valence-electron chi connectivity index (χ2n) is 6.15. The van der Waals surface area contributed by atoms with Crippen LogP contribution in [0.5, 0.6) is 0 Å². The van der Waals surface area contributed by atoms with Gasteiger partial charge in [0.05, 0.1) is 11.0 Å². The molecule has 1 atom stereocenters. The summed E-state index contributed by atoms with van der Waals surface area (Å²) >= 11 is 0. The summed E-state index contributed by atoms with van der Waals surface area (Å²) in [7, 11) is -3.01. The molecule has 0 aromatic heterocycles. The van der Waals surface area contributed by atoms with Crippen LogP contribution >= 0.6 is 0 Å². The van der Waals surface area contributed by atoms with E-state index >= 15 is 0 Å². The van der Waals surface area contributed by atoms with Crippen LogP contribution in [-0.2, 0) is 9.84 Å². The van der Waals surface area contributed by atoms with Gasteiger partial charge in [0.25, 0.3) is 0 Å². The Morgan fingerprint density at radius 3 is 2.38 bits per heavy atom. The Morgan fingerprint density at radius 1 is 1.19 bits per heavy atom. The van der Waals surface area contributed by atoms with Gasteiger partial charge < -0.3 is 5.32 Å². The van der Waals surface area contributed by atoms with E-state index in [1.165, 1.54) is 5.56 Å². The van der Waals surface area contributed by atoms with Crippen LogP contribution in [0.3, 0.4) is 0 Å². The number of rotatable bonds is 7. The lowest BCUT2D eigenvalue weighted by atomic mass is 10.1. The van der Waals surface area contributed by atoms with E-state index in [-0.39, 0.29) is 17.0 Å². The van der Waals surface area contributed by atoms with Crippen LogP contribution in [-0.4, -0.2) is 26.0 Å². The molecule has 4 heteroatoms. The maximum atomic E-state index is 12.6. The van der Waals surface area contributed by atoms with Gasteiger partial charge >= 0.3 is 0 Å². The molecule has 1 unspecified atom stereocenters. The zero-order chi connectivity index (χ0) is 15.3. The van der Waals surface area contributed by atoms with Gasteiger partial charge in [-0.1, -0.05) is 49.6 Å². The third-order valence-electron chi connectivity index (χ3n) is 4.33. The first-order chi connectivity index (χ1) is 10.0. The molecule has 2 rings (SSSR count). The van der Waals surface area contributed by atoms with Crippen LogP contribution in [0.25, 0.3) is 0 Å². The van der Waals surface area contributed by atoms with Crippen molar-refractivity contribution in [2.24, 2.45) is 0 Å². The number of benzene rings is 1. The third-order valence-corrected chi connectivity index (χ3v) is 6.61. The fourth-order valence-electron chi connectivity index (χ4n) is 3.01. The van der Waals surface area contributed by atoms with Crippen LogP contribution in [0.2, 0.25) is 0 Å². The Hall–Kier alpha value is -0.870. The second kappa shape index (κ2) is 7.41. The highest BCUT2D eigenvalue weighted by Gasteiger charge is 2.31. The first-order valence-corrected chi connectivity index (χ1v) is 9.76. The van der Waals surface area contributed by atoms with E-state index in [2.05, 4.69) is 24.4 Å². The van der Waals surface area contributed by atoms with E-state index in [0.29, 0.717) is 0 Å². The fourth-order valence-corrected chi connectivity index (χ4v) is 5.10. The number of hydrogen-bond donors (Lipinski definition) is 1. The van der Waals surface area contributed by atoms with Gasteiger partial charge in [0, 0.05) is 6.04 Å². The lowest BCUT2D eigenvalue weighted by molar-refractivity contribution is 0.537. The first kappa shape index (κ1) is 16.5. The van der Waals surface area contributed by atoms with Gasteiger partial charge in [-0.15, -0.1) is 0 Å². The summed E-state index contributed by atoms with van der Waals surface area (Å²) in [6.07, 6.45) is 4.81. The molecule has 0 amide bonds. The summed E-state index contributed by atoms with van der Waals surface area (Å²) in [5, 5.41) is 3.29. The monoisotopic (exact) mass is 309 g/mol. The van der Waals surface area contributed by atoms with Crippen molar-refractivity contribution in [2.75, 3.05) is 12.3 Å². The molecular weight excluding hydrogens is 282 g/mol. The van der Waals surface area contributed by atoms with E-state index < -0.39 is 9.84 Å². The van der Waals surface area contributed by atoms with Crippen LogP contribution in [0.4, 0.5) is 0 Å². The van der Waals surface area contributed by atoms with Crippen molar-refractivity contribution in [3.63, 3.8) is 0 Å². The van der Waals surface area contributed by atoms with Crippen LogP contribution in [0, 0.1) is 6.92 Å². The number of hydrogen-bond acceptors (Lipinski definition) is 3. The van der Waals surface area contributed by atoms with Gasteiger partial charge in [-0.3, -0.25) is 0 Å². The summed E-state index contributed by atoms with van der Waals surface area (Å²) in [4.78, 5) is 0. The molecular formula is C17H27NO2S. The van der Waals surface area contributed by atoms with Gasteiger partial charge in [0.2, 0.25) is 0 Å². The largest absolute Gasteiger partial charge is 0.309 e. The summed E-state index contributed by atoms with van der Waals surface area (Å²) in [6, 6.07) is 8.12. The molecule has 1 saturated carbocycles. The maximum Gasteiger partial charge on any atom is 0.155 e. The summed E-state index contributed by atoms with van der Waals surface area (Å²) in [6.45, 7) is 5.00. The predicted molar refractivity (Wildman–Crippen MR) is 88.3 cm³/mol. The highest BCUT2D eigenvalue weighted by Crippen LogP contribution is 2.28. The zero-order valence-corrected chi connectivity index (χ0v) is 14.0. The van der Waals surface area contributed by atoms with Crippen molar-refractivity contribution in [1.29, 1.82) is 0 Å². The van der Waals surface area contributed by atoms with Crippen molar-refractivity contribution in [3.8, 4) is 0 Å². The molecule has 21 heavy (non-hydrogen) atoms. The molecule has 118 valence electrons. The average Bonchev–Trinajstić information content (AvgIpc) is 2.99. The van der Waals surface area contributed by atoms with Crippen molar-refractivity contribution in [3.05, 3.63) is 35.4 Å². The van der Waals surface area contributed by atoms with E-state index in [1.54, 1.807) is 0 Å². The standard InChI is InChI=1S/C17H27NO2S/c1-3-12-18-17(15-10-8-14(2)9-11-15)13-21(19,20)16-6-4-5-7-16/h8-11,16-18H,3-7,12-13H2,1-2H3. The molecule has 0 bridgehead atoms. The highest BCUT2D eigenvalue weighted by atomic mass is 32.2. The smallest absolute Gasteiger partial charge is 0.155 e. The first-order valence-electron chi connectivity index (χ1n) is 8.04. The van der Waals surface area contributed by atoms with Crippen LogP contribution in [0.15, 0.2) is 24.3 Å². The molecule has 1 aromatic carbocycles. The molecule has 0 heterocycles. The summed E-state index contributed by atoms with van der Waals surface area (Å²) in [5.41, 5.74) is 2.28. The zero-order valence-electron chi connectivity index (χ0n) is 13.1. The molecule has 0 aliphatic heterocycles. The minimum absolute atomic E-state index is 0.0869. The highest BCUT2D eigenvalue weighted by molar-refractivity contribution is 7.92. The van der Waals surface area contributed by atoms with Gasteiger partial charge in [-0.25, -0.2) is 8.42 Å². The van der Waals surface area contributed by atoms with Crippen molar-refractivity contribution in [2.45, 2.75) is 57.2 Å². The molecule has 1 N–H and O–H groups in total. The van der Waals surface area contributed by atoms with E-state index in [4.69, 9.17) is 0 Å². The van der Waals surface area contributed by atoms with Crippen molar-refractivity contribution >= 4 is 9.84 Å². The number of nitrogens with one attached hydrogen (secondary N) is 1. The minimum Gasteiger partial charge on any atom is -0.309 e. The molecule has 3 nitrogen and oxygen atoms in total. The molecule has 0 radical (unpaired) electrons. The molecule has 1 aliphatic carbocycles. The fraction of sp³-hybridized carbons (Fsp3) is 0.647. The normalized spacial score (nSPS) is 18.0. The molecule has 0 spiro atoms. The van der Waals surface area contributed by atoms with E-state index in [9.17, 15) is 8.42 Å². The lowest BCUT2D eigenvalue weighted by Crippen LogP contribution is -2.32. The van der Waals surface area contributed by atoms with Crippen molar-refractivity contribution < 1.29 is 8.42 Å². The Bertz CT molecular complexity index is 530. The van der Waals surface area contributed by atoms with Crippen LogP contribution < -0.4 is 5.32 Å². The SMILES string of the molecule is CCCNC(CS(=O)(=O)C1CCCC1)c1ccc(C)cc1. The Balaban J connectivity index is 2.13. The predicted octanol–water partition coefficient (Wildman–Crippen LogP) is 3.39. The molecule has 1 fully saturated rings. The number of aryl methyl sites for hydroxylation is 1. The Labute approximate surface area is 129 Å². The second-order valence-corrected chi connectivity index (χ2v) is 8.48. The quantitative estimate of drug-likeness (QED) is 0.840. The molecule has 0 saturated heterocycles.